The number of thioether (sulfide) groups is 1. The zero-order valence-corrected chi connectivity index (χ0v) is 16.8. The molecule has 1 aromatic heterocycles. The lowest BCUT2D eigenvalue weighted by molar-refractivity contribution is 0.102. The molecule has 31 heavy (non-hydrogen) atoms. The normalized spacial score (nSPS) is 10.6. The van der Waals surface area contributed by atoms with E-state index in [0.29, 0.717) is 27.7 Å². The Hall–Kier alpha value is -3.83. The molecule has 0 radical (unpaired) electrons. The Labute approximate surface area is 181 Å². The fraction of sp³-hybridized carbons (Fsp3) is 0.0435. The number of carbonyl (C=O) groups is 1. The smallest absolute Gasteiger partial charge is 0.196 e. The van der Waals surface area contributed by atoms with Gasteiger partial charge in [-0.25, -0.2) is 8.78 Å². The SMILES string of the molecule is N#Cc1ccc(C(=O)CSc2nnc(-c3ccccc3)n2-c2ccc(F)cc2F)cc1. The van der Waals surface area contributed by atoms with Crippen LogP contribution in [0, 0.1) is 23.0 Å². The first kappa shape index (κ1) is 20.4. The maximum absolute atomic E-state index is 14.6. The van der Waals surface area contributed by atoms with Crippen LogP contribution in [0.15, 0.2) is 78.0 Å². The number of Topliss-reactive ketones (excluding diaryl/α,β-unsaturated/α-hetero) is 1. The van der Waals surface area contributed by atoms with Crippen LogP contribution in [-0.2, 0) is 0 Å². The summed E-state index contributed by atoms with van der Waals surface area (Å²) in [5, 5.41) is 17.5. The maximum atomic E-state index is 14.6. The predicted molar refractivity (Wildman–Crippen MR) is 113 cm³/mol. The Morgan fingerprint density at radius 3 is 2.42 bits per heavy atom. The molecule has 5 nitrogen and oxygen atoms in total. The van der Waals surface area contributed by atoms with E-state index in [0.717, 1.165) is 23.9 Å². The largest absolute Gasteiger partial charge is 0.293 e. The van der Waals surface area contributed by atoms with Gasteiger partial charge in [0.2, 0.25) is 0 Å². The Balaban J connectivity index is 1.68. The fourth-order valence-corrected chi connectivity index (χ4v) is 3.80. The monoisotopic (exact) mass is 432 g/mol. The van der Waals surface area contributed by atoms with E-state index < -0.39 is 11.6 Å². The van der Waals surface area contributed by atoms with E-state index in [-0.39, 0.29) is 17.2 Å². The molecule has 0 bridgehead atoms. The number of aromatic nitrogens is 3. The summed E-state index contributed by atoms with van der Waals surface area (Å²) in [6.45, 7) is 0. The highest BCUT2D eigenvalue weighted by Crippen LogP contribution is 2.29. The van der Waals surface area contributed by atoms with Crippen molar-refractivity contribution in [3.05, 3.63) is 95.6 Å². The molecule has 4 rings (SSSR count). The van der Waals surface area contributed by atoms with Crippen molar-refractivity contribution in [1.82, 2.24) is 14.8 Å². The lowest BCUT2D eigenvalue weighted by Gasteiger charge is -2.11. The molecule has 0 aliphatic heterocycles. The standard InChI is InChI=1S/C23H14F2N4OS/c24-18-10-11-20(19(25)12-18)29-22(17-4-2-1-3-5-17)27-28-23(29)31-14-21(30)16-8-6-15(13-26)7-9-16/h1-12H,14H2. The zero-order valence-electron chi connectivity index (χ0n) is 16.0. The molecule has 0 unspecified atom stereocenters. The summed E-state index contributed by atoms with van der Waals surface area (Å²) in [5.41, 5.74) is 1.69. The Bertz CT molecular complexity index is 1280. The average molecular weight is 432 g/mol. The fourth-order valence-electron chi connectivity index (χ4n) is 2.96. The minimum Gasteiger partial charge on any atom is -0.293 e. The van der Waals surface area contributed by atoms with Crippen molar-refractivity contribution >= 4 is 17.5 Å². The van der Waals surface area contributed by atoms with Crippen LogP contribution in [0.25, 0.3) is 17.1 Å². The Morgan fingerprint density at radius 1 is 1.00 bits per heavy atom. The number of benzene rings is 3. The lowest BCUT2D eigenvalue weighted by Crippen LogP contribution is -2.06. The molecular formula is C23H14F2N4OS. The molecule has 3 aromatic carbocycles. The van der Waals surface area contributed by atoms with Crippen LogP contribution in [0.4, 0.5) is 8.78 Å². The third-order valence-corrected chi connectivity index (χ3v) is 5.41. The summed E-state index contributed by atoms with van der Waals surface area (Å²) in [4.78, 5) is 12.6. The van der Waals surface area contributed by atoms with Crippen LogP contribution < -0.4 is 0 Å². The molecule has 8 heteroatoms. The van der Waals surface area contributed by atoms with Crippen molar-refractivity contribution in [2.45, 2.75) is 5.16 Å². The average Bonchev–Trinajstić information content (AvgIpc) is 3.22. The molecule has 0 aliphatic carbocycles. The first-order chi connectivity index (χ1) is 15.1. The topological polar surface area (TPSA) is 71.6 Å². The van der Waals surface area contributed by atoms with Gasteiger partial charge in [-0.05, 0) is 24.3 Å². The molecule has 0 N–H and O–H groups in total. The van der Waals surface area contributed by atoms with Crippen LogP contribution in [0.1, 0.15) is 15.9 Å². The molecule has 4 aromatic rings. The molecule has 1 heterocycles. The molecule has 152 valence electrons. The van der Waals surface area contributed by atoms with Crippen LogP contribution in [0.2, 0.25) is 0 Å². The van der Waals surface area contributed by atoms with Gasteiger partial charge in [0.25, 0.3) is 0 Å². The summed E-state index contributed by atoms with van der Waals surface area (Å²) < 4.78 is 29.5. The van der Waals surface area contributed by atoms with Crippen molar-refractivity contribution in [3.8, 4) is 23.1 Å². The molecule has 0 spiro atoms. The Morgan fingerprint density at radius 2 is 1.74 bits per heavy atom. The minimum atomic E-state index is -0.766. The number of nitriles is 1. The van der Waals surface area contributed by atoms with Crippen LogP contribution >= 0.6 is 11.8 Å². The van der Waals surface area contributed by atoms with E-state index in [1.165, 1.54) is 10.6 Å². The highest BCUT2D eigenvalue weighted by molar-refractivity contribution is 7.99. The first-order valence-electron chi connectivity index (χ1n) is 9.19. The van der Waals surface area contributed by atoms with E-state index in [1.54, 1.807) is 36.4 Å². The van der Waals surface area contributed by atoms with Gasteiger partial charge in [0.15, 0.2) is 16.8 Å². The number of nitrogens with zero attached hydrogens (tertiary/aromatic N) is 4. The van der Waals surface area contributed by atoms with Gasteiger partial charge in [0, 0.05) is 17.2 Å². The number of carbonyl (C=O) groups excluding carboxylic acids is 1. The van der Waals surface area contributed by atoms with Crippen molar-refractivity contribution in [1.29, 1.82) is 5.26 Å². The van der Waals surface area contributed by atoms with Crippen molar-refractivity contribution in [2.24, 2.45) is 0 Å². The van der Waals surface area contributed by atoms with Crippen LogP contribution in [0.5, 0.6) is 0 Å². The third kappa shape index (κ3) is 4.37. The third-order valence-electron chi connectivity index (χ3n) is 4.48. The second kappa shape index (κ2) is 8.90. The van der Waals surface area contributed by atoms with Gasteiger partial charge in [0.1, 0.15) is 11.6 Å². The van der Waals surface area contributed by atoms with Gasteiger partial charge in [0.05, 0.1) is 23.1 Å². The minimum absolute atomic E-state index is 0.0294. The molecule has 0 saturated carbocycles. The molecular weight excluding hydrogens is 418 g/mol. The molecule has 0 amide bonds. The van der Waals surface area contributed by atoms with E-state index >= 15 is 0 Å². The molecule has 0 aliphatic rings. The van der Waals surface area contributed by atoms with Gasteiger partial charge in [-0.1, -0.05) is 54.2 Å². The maximum Gasteiger partial charge on any atom is 0.196 e. The molecule has 0 saturated heterocycles. The van der Waals surface area contributed by atoms with Gasteiger partial charge in [-0.15, -0.1) is 10.2 Å². The number of hydrogen-bond acceptors (Lipinski definition) is 5. The summed E-state index contributed by atoms with van der Waals surface area (Å²) in [5.74, 6) is -1.23. The number of ketones is 1. The summed E-state index contributed by atoms with van der Waals surface area (Å²) in [7, 11) is 0. The quantitative estimate of drug-likeness (QED) is 0.315. The van der Waals surface area contributed by atoms with Crippen molar-refractivity contribution < 1.29 is 13.6 Å². The number of rotatable bonds is 6. The Kier molecular flexibility index (Phi) is 5.87. The second-order valence-corrected chi connectivity index (χ2v) is 7.45. The predicted octanol–water partition coefficient (Wildman–Crippen LogP) is 5.06. The second-order valence-electron chi connectivity index (χ2n) is 6.50. The molecule has 0 fully saturated rings. The summed E-state index contributed by atoms with van der Waals surface area (Å²) in [6, 6.07) is 20.7. The summed E-state index contributed by atoms with van der Waals surface area (Å²) in [6.07, 6.45) is 0. The summed E-state index contributed by atoms with van der Waals surface area (Å²) >= 11 is 1.10. The van der Waals surface area contributed by atoms with Crippen LogP contribution in [0.3, 0.4) is 0 Å². The van der Waals surface area contributed by atoms with Crippen molar-refractivity contribution in [3.63, 3.8) is 0 Å². The van der Waals surface area contributed by atoms with E-state index in [4.69, 9.17) is 5.26 Å². The highest BCUT2D eigenvalue weighted by atomic mass is 32.2. The van der Waals surface area contributed by atoms with E-state index in [9.17, 15) is 13.6 Å². The van der Waals surface area contributed by atoms with Gasteiger partial charge in [-0.3, -0.25) is 9.36 Å². The van der Waals surface area contributed by atoms with Gasteiger partial charge < -0.3 is 0 Å². The first-order valence-corrected chi connectivity index (χ1v) is 10.2. The highest BCUT2D eigenvalue weighted by Gasteiger charge is 2.20. The number of halogens is 2. The van der Waals surface area contributed by atoms with Gasteiger partial charge >= 0.3 is 0 Å². The zero-order chi connectivity index (χ0) is 21.8. The van der Waals surface area contributed by atoms with E-state index in [2.05, 4.69) is 10.2 Å². The van der Waals surface area contributed by atoms with Gasteiger partial charge in [-0.2, -0.15) is 5.26 Å². The van der Waals surface area contributed by atoms with Crippen LogP contribution in [-0.4, -0.2) is 26.3 Å². The lowest BCUT2D eigenvalue weighted by atomic mass is 10.1. The van der Waals surface area contributed by atoms with E-state index in [1.807, 2.05) is 24.3 Å². The van der Waals surface area contributed by atoms with Crippen molar-refractivity contribution in [2.75, 3.05) is 5.75 Å². The number of hydrogen-bond donors (Lipinski definition) is 0. The molecule has 0 atom stereocenters.